The Labute approximate surface area is 123 Å². The molecule has 0 aromatic carbocycles. The van der Waals surface area contributed by atoms with E-state index >= 15 is 0 Å². The van der Waals surface area contributed by atoms with Gasteiger partial charge in [-0.2, -0.15) is 0 Å². The van der Waals surface area contributed by atoms with E-state index in [1.807, 2.05) is 36.6 Å². The van der Waals surface area contributed by atoms with E-state index in [0.29, 0.717) is 11.7 Å². The summed E-state index contributed by atoms with van der Waals surface area (Å²) in [6, 6.07) is 1.91. The number of rotatable bonds is 3. The van der Waals surface area contributed by atoms with Crippen LogP contribution in [0.5, 0.6) is 0 Å². The molecule has 2 aliphatic rings. The number of likely N-dealkylation sites (tertiary alicyclic amines) is 1. The van der Waals surface area contributed by atoms with Gasteiger partial charge in [0, 0.05) is 37.8 Å². The molecule has 0 saturated carbocycles. The third-order valence-electron chi connectivity index (χ3n) is 3.94. The summed E-state index contributed by atoms with van der Waals surface area (Å²) in [5.74, 6) is 1.16. The third-order valence-corrected chi connectivity index (χ3v) is 5.52. The van der Waals surface area contributed by atoms with Crippen molar-refractivity contribution >= 4 is 17.7 Å². The van der Waals surface area contributed by atoms with Gasteiger partial charge in [0.05, 0.1) is 16.4 Å². The number of hydrogen-bond donors (Lipinski definition) is 0. The maximum atomic E-state index is 12.4. The van der Waals surface area contributed by atoms with Crippen LogP contribution in [0.15, 0.2) is 18.5 Å². The van der Waals surface area contributed by atoms with Crippen molar-refractivity contribution < 1.29 is 9.53 Å². The predicted molar refractivity (Wildman–Crippen MR) is 80.1 cm³/mol. The first kappa shape index (κ1) is 13.9. The molecule has 2 aliphatic heterocycles. The van der Waals surface area contributed by atoms with Crippen molar-refractivity contribution in [3.63, 3.8) is 0 Å². The predicted octanol–water partition coefficient (Wildman–Crippen LogP) is 2.13. The van der Waals surface area contributed by atoms with E-state index in [4.69, 9.17) is 4.74 Å². The zero-order valence-electron chi connectivity index (χ0n) is 12.0. The number of nitrogens with zero attached hydrogens (tertiary/aromatic N) is 2. The summed E-state index contributed by atoms with van der Waals surface area (Å²) in [5, 5.41) is 0. The second kappa shape index (κ2) is 5.37. The van der Waals surface area contributed by atoms with Gasteiger partial charge in [0.15, 0.2) is 0 Å². The Morgan fingerprint density at radius 3 is 3.05 bits per heavy atom. The Morgan fingerprint density at radius 1 is 1.55 bits per heavy atom. The molecular weight excluding hydrogens is 272 g/mol. The molecule has 5 heteroatoms. The first-order chi connectivity index (χ1) is 9.62. The fourth-order valence-corrected chi connectivity index (χ4v) is 4.56. The maximum absolute atomic E-state index is 12.4. The zero-order chi connectivity index (χ0) is 14.2. The van der Waals surface area contributed by atoms with Gasteiger partial charge in [-0.05, 0) is 31.9 Å². The van der Waals surface area contributed by atoms with Gasteiger partial charge < -0.3 is 9.64 Å². The highest BCUT2D eigenvalue weighted by Gasteiger charge is 2.50. The molecule has 2 fully saturated rings. The van der Waals surface area contributed by atoms with Crippen LogP contribution in [0.25, 0.3) is 0 Å². The van der Waals surface area contributed by atoms with Crippen LogP contribution in [-0.4, -0.2) is 52.1 Å². The minimum Gasteiger partial charge on any atom is -0.378 e. The Bertz CT molecular complexity index is 514. The number of aryl methyl sites for hydroxylation is 1. The fraction of sp³-hybridized carbons (Fsp3) is 0.600. The van der Waals surface area contributed by atoms with E-state index in [2.05, 4.69) is 4.98 Å². The van der Waals surface area contributed by atoms with E-state index < -0.39 is 0 Å². The standard InChI is InChI=1S/C15H20N2O2S/c1-3-19-13-5-15(20-8-13)9-17(10-15)14(18)12-4-11(2)6-16-7-12/h4,6-7,13H,3,5,8-10H2,1-2H3/t13-/m0/s1. The Hall–Kier alpha value is -1.07. The number of amides is 1. The van der Waals surface area contributed by atoms with Crippen molar-refractivity contribution in [1.29, 1.82) is 0 Å². The number of ether oxygens (including phenoxy) is 1. The molecule has 1 amide bonds. The SMILES string of the molecule is CCO[C@@H]1CSC2(C1)CN(C(=O)c1cncc(C)c1)C2. The summed E-state index contributed by atoms with van der Waals surface area (Å²) in [6.45, 7) is 6.46. The molecule has 0 unspecified atom stereocenters. The summed E-state index contributed by atoms with van der Waals surface area (Å²) in [7, 11) is 0. The molecule has 1 aromatic rings. The first-order valence-electron chi connectivity index (χ1n) is 7.08. The molecule has 108 valence electrons. The van der Waals surface area contributed by atoms with Gasteiger partial charge in [-0.3, -0.25) is 9.78 Å². The number of carbonyl (C=O) groups excluding carboxylic acids is 1. The molecule has 20 heavy (non-hydrogen) atoms. The Kier molecular flexibility index (Phi) is 3.73. The van der Waals surface area contributed by atoms with E-state index in [1.165, 1.54) is 0 Å². The second-order valence-corrected chi connectivity index (χ2v) is 7.18. The van der Waals surface area contributed by atoms with Gasteiger partial charge in [0.1, 0.15) is 0 Å². The molecule has 0 bridgehead atoms. The molecule has 3 heterocycles. The monoisotopic (exact) mass is 292 g/mol. The van der Waals surface area contributed by atoms with Crippen LogP contribution in [0, 0.1) is 6.92 Å². The minimum absolute atomic E-state index is 0.104. The van der Waals surface area contributed by atoms with Crippen molar-refractivity contribution in [2.75, 3.05) is 25.4 Å². The first-order valence-corrected chi connectivity index (χ1v) is 8.07. The molecule has 2 saturated heterocycles. The van der Waals surface area contributed by atoms with Crippen molar-refractivity contribution in [1.82, 2.24) is 9.88 Å². The smallest absolute Gasteiger partial charge is 0.255 e. The summed E-state index contributed by atoms with van der Waals surface area (Å²) in [5.41, 5.74) is 1.72. The lowest BCUT2D eigenvalue weighted by Gasteiger charge is -2.47. The molecule has 3 rings (SSSR count). The number of hydrogen-bond acceptors (Lipinski definition) is 4. The van der Waals surface area contributed by atoms with Crippen molar-refractivity contribution in [2.45, 2.75) is 31.1 Å². The topological polar surface area (TPSA) is 42.4 Å². The molecule has 1 aromatic heterocycles. The molecule has 0 radical (unpaired) electrons. The quantitative estimate of drug-likeness (QED) is 0.856. The minimum atomic E-state index is 0.104. The molecule has 4 nitrogen and oxygen atoms in total. The van der Waals surface area contributed by atoms with Crippen LogP contribution in [-0.2, 0) is 4.74 Å². The van der Waals surface area contributed by atoms with Gasteiger partial charge >= 0.3 is 0 Å². The van der Waals surface area contributed by atoms with Crippen molar-refractivity contribution in [2.24, 2.45) is 0 Å². The van der Waals surface area contributed by atoms with Crippen molar-refractivity contribution in [3.8, 4) is 0 Å². The number of pyridine rings is 1. The summed E-state index contributed by atoms with van der Waals surface area (Å²) in [4.78, 5) is 18.4. The van der Waals surface area contributed by atoms with Crippen LogP contribution < -0.4 is 0 Å². The highest BCUT2D eigenvalue weighted by molar-refractivity contribution is 8.01. The summed E-state index contributed by atoms with van der Waals surface area (Å²) >= 11 is 1.96. The Balaban J connectivity index is 1.59. The van der Waals surface area contributed by atoms with Crippen molar-refractivity contribution in [3.05, 3.63) is 29.6 Å². The van der Waals surface area contributed by atoms with Gasteiger partial charge in [-0.15, -0.1) is 11.8 Å². The number of carbonyl (C=O) groups is 1. The average molecular weight is 292 g/mol. The largest absolute Gasteiger partial charge is 0.378 e. The van der Waals surface area contributed by atoms with Gasteiger partial charge in [0.2, 0.25) is 0 Å². The average Bonchev–Trinajstić information content (AvgIpc) is 2.81. The molecule has 0 N–H and O–H groups in total. The number of thioether (sulfide) groups is 1. The van der Waals surface area contributed by atoms with Gasteiger partial charge in [-0.25, -0.2) is 0 Å². The lowest BCUT2D eigenvalue weighted by molar-refractivity contribution is 0.0359. The van der Waals surface area contributed by atoms with Crippen LogP contribution >= 0.6 is 11.8 Å². The molecule has 1 atom stereocenters. The van der Waals surface area contributed by atoms with E-state index in [0.717, 1.165) is 37.4 Å². The lowest BCUT2D eigenvalue weighted by Crippen LogP contribution is -2.60. The summed E-state index contributed by atoms with van der Waals surface area (Å²) in [6.07, 6.45) is 4.86. The second-order valence-electron chi connectivity index (χ2n) is 5.69. The maximum Gasteiger partial charge on any atom is 0.255 e. The van der Waals surface area contributed by atoms with Gasteiger partial charge in [-0.1, -0.05) is 0 Å². The highest BCUT2D eigenvalue weighted by atomic mass is 32.2. The van der Waals surface area contributed by atoms with E-state index in [1.54, 1.807) is 12.4 Å². The van der Waals surface area contributed by atoms with Crippen LogP contribution in [0.2, 0.25) is 0 Å². The number of aromatic nitrogens is 1. The highest BCUT2D eigenvalue weighted by Crippen LogP contribution is 2.46. The van der Waals surface area contributed by atoms with Crippen LogP contribution in [0.1, 0.15) is 29.3 Å². The van der Waals surface area contributed by atoms with E-state index in [-0.39, 0.29) is 10.7 Å². The molecule has 1 spiro atoms. The third kappa shape index (κ3) is 2.56. The zero-order valence-corrected chi connectivity index (χ0v) is 12.8. The van der Waals surface area contributed by atoms with Crippen LogP contribution in [0.3, 0.4) is 0 Å². The fourth-order valence-electron chi connectivity index (χ4n) is 3.01. The van der Waals surface area contributed by atoms with Crippen LogP contribution in [0.4, 0.5) is 0 Å². The van der Waals surface area contributed by atoms with E-state index in [9.17, 15) is 4.79 Å². The molecular formula is C15H20N2O2S. The summed E-state index contributed by atoms with van der Waals surface area (Å²) < 4.78 is 5.94. The molecule has 0 aliphatic carbocycles. The normalized spacial score (nSPS) is 23.9. The van der Waals surface area contributed by atoms with Gasteiger partial charge in [0.25, 0.3) is 5.91 Å². The Morgan fingerprint density at radius 2 is 2.35 bits per heavy atom. The lowest BCUT2D eigenvalue weighted by atomic mass is 9.92.